The largest absolute Gasteiger partial charge is 0.493 e. The fourth-order valence-electron chi connectivity index (χ4n) is 3.37. The van der Waals surface area contributed by atoms with Crippen molar-refractivity contribution in [2.24, 2.45) is 0 Å². The number of methoxy groups -OCH3 is 1. The summed E-state index contributed by atoms with van der Waals surface area (Å²) in [6.45, 7) is 2.38. The monoisotopic (exact) mass is 456 g/mol. The second-order valence-corrected chi connectivity index (χ2v) is 7.39. The molecule has 2 aromatic rings. The molecule has 0 aliphatic carbocycles. The molecule has 2 heterocycles. The number of pyridine rings is 1. The number of esters is 3. The molecule has 1 aliphatic rings. The maximum atomic E-state index is 12.9. The number of hydrogen-bond donors (Lipinski definition) is 1. The van der Waals surface area contributed by atoms with Crippen LogP contribution < -0.4 is 14.8 Å². The number of rotatable bonds is 5. The van der Waals surface area contributed by atoms with E-state index in [4.69, 9.17) is 18.9 Å². The maximum absolute atomic E-state index is 12.9. The standard InChI is InChI=1S/C23H24N2O8/c1-13-11-16(15-7-5-4-6-8-15)22(28)31-12-17(23(29)32-13)25-21(27)19-20(33-14(2)26)18(30-3)9-10-24-19/h4-10,13,16-17H,11-12H2,1-3H3,(H,25,27)/t13-,16+,17-/m0/s1. The lowest BCUT2D eigenvalue weighted by molar-refractivity contribution is -0.152. The Kier molecular flexibility index (Phi) is 7.60. The summed E-state index contributed by atoms with van der Waals surface area (Å²) in [4.78, 5) is 53.7. The van der Waals surface area contributed by atoms with Gasteiger partial charge in [-0.25, -0.2) is 9.78 Å². The number of nitrogens with zero attached hydrogens (tertiary/aromatic N) is 1. The summed E-state index contributed by atoms with van der Waals surface area (Å²) in [6.07, 6.45) is 0.900. The van der Waals surface area contributed by atoms with E-state index in [1.807, 2.05) is 6.07 Å². The normalized spacial score (nSPS) is 20.9. The van der Waals surface area contributed by atoms with Crippen LogP contribution in [0.5, 0.6) is 11.5 Å². The number of carbonyl (C=O) groups excluding carboxylic acids is 4. The fourth-order valence-corrected chi connectivity index (χ4v) is 3.37. The number of ether oxygens (including phenoxy) is 4. The molecular formula is C23H24N2O8. The first-order valence-corrected chi connectivity index (χ1v) is 10.2. The lowest BCUT2D eigenvalue weighted by atomic mass is 9.93. The highest BCUT2D eigenvalue weighted by Crippen LogP contribution is 2.30. The highest BCUT2D eigenvalue weighted by molar-refractivity contribution is 5.98. The van der Waals surface area contributed by atoms with Gasteiger partial charge < -0.3 is 24.3 Å². The molecule has 1 saturated heterocycles. The predicted octanol–water partition coefficient (Wildman–Crippen LogP) is 1.78. The van der Waals surface area contributed by atoms with Crippen LogP contribution in [0.2, 0.25) is 0 Å². The SMILES string of the molecule is COc1ccnc(C(=O)N[C@H]2COC(=O)[C@@H](c3ccccc3)C[C@H](C)OC2=O)c1OC(C)=O. The topological polar surface area (TPSA) is 130 Å². The van der Waals surface area contributed by atoms with Gasteiger partial charge in [-0.2, -0.15) is 0 Å². The zero-order chi connectivity index (χ0) is 24.0. The van der Waals surface area contributed by atoms with Crippen LogP contribution in [0.3, 0.4) is 0 Å². The van der Waals surface area contributed by atoms with Gasteiger partial charge >= 0.3 is 17.9 Å². The zero-order valence-corrected chi connectivity index (χ0v) is 18.4. The van der Waals surface area contributed by atoms with Crippen molar-refractivity contribution < 1.29 is 38.1 Å². The molecule has 1 fully saturated rings. The van der Waals surface area contributed by atoms with Gasteiger partial charge in [-0.15, -0.1) is 0 Å². The van der Waals surface area contributed by atoms with Crippen LogP contribution in [0.15, 0.2) is 42.6 Å². The van der Waals surface area contributed by atoms with Gasteiger partial charge in [0.1, 0.15) is 12.7 Å². The first-order chi connectivity index (χ1) is 15.8. The quantitative estimate of drug-likeness (QED) is 0.669. The summed E-state index contributed by atoms with van der Waals surface area (Å²) in [5.41, 5.74) is 0.457. The van der Waals surface area contributed by atoms with Gasteiger partial charge in [-0.05, 0) is 12.5 Å². The van der Waals surface area contributed by atoms with Crippen LogP contribution in [-0.4, -0.2) is 54.7 Å². The molecule has 174 valence electrons. The number of aromatic nitrogens is 1. The number of carbonyl (C=O) groups is 4. The van der Waals surface area contributed by atoms with Crippen molar-refractivity contribution >= 4 is 23.8 Å². The van der Waals surface area contributed by atoms with Crippen LogP contribution in [0.25, 0.3) is 0 Å². The lowest BCUT2D eigenvalue weighted by Crippen LogP contribution is -2.46. The Hall–Kier alpha value is -3.95. The van der Waals surface area contributed by atoms with Crippen molar-refractivity contribution in [2.75, 3.05) is 13.7 Å². The minimum atomic E-state index is -1.29. The van der Waals surface area contributed by atoms with E-state index in [-0.39, 0.29) is 23.6 Å². The van der Waals surface area contributed by atoms with E-state index in [2.05, 4.69) is 10.3 Å². The minimum absolute atomic E-state index is 0.105. The molecular weight excluding hydrogens is 432 g/mol. The van der Waals surface area contributed by atoms with Crippen LogP contribution in [0.4, 0.5) is 0 Å². The molecule has 10 nitrogen and oxygen atoms in total. The van der Waals surface area contributed by atoms with Gasteiger partial charge in [0.25, 0.3) is 5.91 Å². The third-order valence-electron chi connectivity index (χ3n) is 4.90. The third-order valence-corrected chi connectivity index (χ3v) is 4.90. The highest BCUT2D eigenvalue weighted by Gasteiger charge is 2.34. The second-order valence-electron chi connectivity index (χ2n) is 7.39. The van der Waals surface area contributed by atoms with Crippen molar-refractivity contribution in [1.29, 1.82) is 0 Å². The maximum Gasteiger partial charge on any atom is 0.332 e. The predicted molar refractivity (Wildman–Crippen MR) is 114 cm³/mol. The average molecular weight is 456 g/mol. The molecule has 0 radical (unpaired) electrons. The molecule has 1 aromatic heterocycles. The summed E-state index contributed by atoms with van der Waals surface area (Å²) in [5.74, 6) is -3.55. The number of hydrogen-bond acceptors (Lipinski definition) is 9. The van der Waals surface area contributed by atoms with Crippen LogP contribution >= 0.6 is 0 Å². The molecule has 1 aromatic carbocycles. The Bertz CT molecular complexity index is 1040. The summed E-state index contributed by atoms with van der Waals surface area (Å²) >= 11 is 0. The first-order valence-electron chi connectivity index (χ1n) is 10.2. The molecule has 3 atom stereocenters. The molecule has 1 N–H and O–H groups in total. The summed E-state index contributed by atoms with van der Waals surface area (Å²) in [5, 5.41) is 2.44. The van der Waals surface area contributed by atoms with E-state index in [9.17, 15) is 19.2 Å². The Morgan fingerprint density at radius 1 is 1.12 bits per heavy atom. The molecule has 0 spiro atoms. The van der Waals surface area contributed by atoms with Crippen LogP contribution in [0, 0.1) is 0 Å². The van der Waals surface area contributed by atoms with Crippen molar-refractivity contribution in [3.05, 3.63) is 53.9 Å². The Labute approximate surface area is 190 Å². The number of cyclic esters (lactones) is 2. The molecule has 1 amide bonds. The van der Waals surface area contributed by atoms with Gasteiger partial charge in [0, 0.05) is 25.6 Å². The van der Waals surface area contributed by atoms with Crippen molar-refractivity contribution in [2.45, 2.75) is 38.3 Å². The van der Waals surface area contributed by atoms with Crippen molar-refractivity contribution in [3.8, 4) is 11.5 Å². The van der Waals surface area contributed by atoms with Gasteiger partial charge in [0.15, 0.2) is 17.5 Å². The van der Waals surface area contributed by atoms with E-state index in [0.29, 0.717) is 0 Å². The fraction of sp³-hybridized carbons (Fsp3) is 0.348. The molecule has 10 heteroatoms. The molecule has 1 aliphatic heterocycles. The van der Waals surface area contributed by atoms with E-state index >= 15 is 0 Å². The molecule has 0 saturated carbocycles. The van der Waals surface area contributed by atoms with Crippen LogP contribution in [-0.2, 0) is 23.9 Å². The zero-order valence-electron chi connectivity index (χ0n) is 18.4. The van der Waals surface area contributed by atoms with E-state index in [1.54, 1.807) is 31.2 Å². The van der Waals surface area contributed by atoms with Crippen LogP contribution in [0.1, 0.15) is 42.2 Å². The second kappa shape index (κ2) is 10.6. The Balaban J connectivity index is 1.81. The van der Waals surface area contributed by atoms with Gasteiger partial charge in [-0.3, -0.25) is 14.4 Å². The summed E-state index contributed by atoms with van der Waals surface area (Å²) in [6, 6.07) is 9.14. The van der Waals surface area contributed by atoms with Gasteiger partial charge in [-0.1, -0.05) is 30.3 Å². The van der Waals surface area contributed by atoms with Crippen molar-refractivity contribution in [1.82, 2.24) is 10.3 Å². The van der Waals surface area contributed by atoms with Gasteiger partial charge in [0.2, 0.25) is 5.75 Å². The first kappa shape index (κ1) is 23.7. The van der Waals surface area contributed by atoms with Gasteiger partial charge in [0.05, 0.1) is 13.0 Å². The Morgan fingerprint density at radius 3 is 2.52 bits per heavy atom. The van der Waals surface area contributed by atoms with Crippen molar-refractivity contribution in [3.63, 3.8) is 0 Å². The molecule has 0 unspecified atom stereocenters. The summed E-state index contributed by atoms with van der Waals surface area (Å²) in [7, 11) is 1.34. The highest BCUT2D eigenvalue weighted by atomic mass is 16.6. The van der Waals surface area contributed by atoms with E-state index in [0.717, 1.165) is 12.5 Å². The smallest absolute Gasteiger partial charge is 0.332 e. The Morgan fingerprint density at radius 2 is 1.85 bits per heavy atom. The lowest BCUT2D eigenvalue weighted by Gasteiger charge is -2.19. The number of nitrogens with one attached hydrogen (secondary N) is 1. The molecule has 0 bridgehead atoms. The third kappa shape index (κ3) is 5.85. The minimum Gasteiger partial charge on any atom is -0.493 e. The van der Waals surface area contributed by atoms with E-state index in [1.165, 1.54) is 19.4 Å². The molecule has 33 heavy (non-hydrogen) atoms. The van der Waals surface area contributed by atoms with E-state index < -0.39 is 48.5 Å². The molecule has 3 rings (SSSR count). The summed E-state index contributed by atoms with van der Waals surface area (Å²) < 4.78 is 21.0. The number of amides is 1. The average Bonchev–Trinajstić information content (AvgIpc) is 2.84. The number of benzene rings is 1.